The summed E-state index contributed by atoms with van der Waals surface area (Å²) < 4.78 is 5.38. The number of likely N-dealkylation sites (N-methyl/N-ethyl adjacent to an activating group) is 1. The molecule has 0 aliphatic heterocycles. The van der Waals surface area contributed by atoms with E-state index in [-0.39, 0.29) is 18.4 Å². The molecule has 2 aromatic carbocycles. The first-order valence-corrected chi connectivity index (χ1v) is 9.83. The van der Waals surface area contributed by atoms with E-state index in [0.717, 1.165) is 10.6 Å². The van der Waals surface area contributed by atoms with Crippen LogP contribution >= 0.6 is 22.9 Å². The first-order chi connectivity index (χ1) is 13.5. The third-order valence-corrected chi connectivity index (χ3v) is 4.83. The smallest absolute Gasteiger partial charge is 0.275 e. The molecule has 3 rings (SSSR count). The number of benzene rings is 2. The number of amides is 2. The van der Waals surface area contributed by atoms with Gasteiger partial charge in [0.25, 0.3) is 11.8 Å². The maximum atomic E-state index is 12.4. The molecule has 144 valence electrons. The second-order valence-corrected chi connectivity index (χ2v) is 7.06. The van der Waals surface area contributed by atoms with Gasteiger partial charge in [0.2, 0.25) is 0 Å². The number of rotatable bonds is 7. The summed E-state index contributed by atoms with van der Waals surface area (Å²) in [4.78, 5) is 28.2. The average Bonchev–Trinajstić information content (AvgIpc) is 3.19. The first kappa shape index (κ1) is 19.9. The van der Waals surface area contributed by atoms with Gasteiger partial charge < -0.3 is 15.4 Å². The van der Waals surface area contributed by atoms with Crippen LogP contribution in [0.5, 0.6) is 5.75 Å². The van der Waals surface area contributed by atoms with Crippen LogP contribution in [0.4, 0.5) is 5.69 Å². The van der Waals surface area contributed by atoms with Crippen LogP contribution in [0, 0.1) is 0 Å². The monoisotopic (exact) mass is 415 g/mol. The molecule has 0 atom stereocenters. The van der Waals surface area contributed by atoms with Gasteiger partial charge >= 0.3 is 0 Å². The van der Waals surface area contributed by atoms with Crippen LogP contribution in [0.1, 0.15) is 17.4 Å². The molecule has 3 aromatic rings. The summed E-state index contributed by atoms with van der Waals surface area (Å²) in [5, 5.41) is 8.56. The Hall–Kier alpha value is -2.90. The normalized spacial score (nSPS) is 10.4. The largest absolute Gasteiger partial charge is 0.484 e. The number of nitrogens with zero attached hydrogens (tertiary/aromatic N) is 1. The Balaban J connectivity index is 1.59. The van der Waals surface area contributed by atoms with Crippen molar-refractivity contribution in [1.29, 1.82) is 0 Å². The van der Waals surface area contributed by atoms with Gasteiger partial charge in [-0.3, -0.25) is 9.59 Å². The number of hydrogen-bond acceptors (Lipinski definition) is 5. The highest BCUT2D eigenvalue weighted by Gasteiger charge is 2.12. The van der Waals surface area contributed by atoms with Gasteiger partial charge in [0.05, 0.1) is 0 Å². The van der Waals surface area contributed by atoms with E-state index in [1.165, 1.54) is 11.3 Å². The third-order valence-electron chi connectivity index (χ3n) is 3.68. The summed E-state index contributed by atoms with van der Waals surface area (Å²) in [6.45, 7) is 2.35. The average molecular weight is 416 g/mol. The predicted octanol–water partition coefficient (Wildman–Crippen LogP) is 4.23. The minimum absolute atomic E-state index is 0.0498. The van der Waals surface area contributed by atoms with Crippen molar-refractivity contribution in [3.63, 3.8) is 0 Å². The van der Waals surface area contributed by atoms with Crippen molar-refractivity contribution in [3.05, 3.63) is 64.6 Å². The topological polar surface area (TPSA) is 80.3 Å². The van der Waals surface area contributed by atoms with Crippen LogP contribution in [0.15, 0.2) is 53.9 Å². The highest BCUT2D eigenvalue weighted by Crippen LogP contribution is 2.25. The van der Waals surface area contributed by atoms with E-state index in [0.29, 0.717) is 28.7 Å². The van der Waals surface area contributed by atoms with Gasteiger partial charge in [-0.05, 0) is 43.3 Å². The van der Waals surface area contributed by atoms with Gasteiger partial charge in [0.15, 0.2) is 6.61 Å². The highest BCUT2D eigenvalue weighted by atomic mass is 35.5. The lowest BCUT2D eigenvalue weighted by Crippen LogP contribution is -2.28. The number of halogens is 1. The lowest BCUT2D eigenvalue weighted by molar-refractivity contribution is -0.122. The third kappa shape index (κ3) is 5.31. The van der Waals surface area contributed by atoms with Crippen LogP contribution in [-0.2, 0) is 4.79 Å². The number of ether oxygens (including phenoxy) is 1. The standard InChI is InChI=1S/C20H18ClN3O3S/c1-2-22-18(25)11-27-16-9-7-15(8-10-16)23-19(26)17-12-28-20(24-17)13-3-5-14(21)6-4-13/h3-10,12H,2,11H2,1H3,(H,22,25)(H,23,26). The number of carbonyl (C=O) groups excluding carboxylic acids is 2. The van der Waals surface area contributed by atoms with E-state index in [9.17, 15) is 9.59 Å². The van der Waals surface area contributed by atoms with Crippen molar-refractivity contribution in [2.24, 2.45) is 0 Å². The van der Waals surface area contributed by atoms with Crippen molar-refractivity contribution in [3.8, 4) is 16.3 Å². The van der Waals surface area contributed by atoms with Crippen molar-refractivity contribution in [1.82, 2.24) is 10.3 Å². The molecule has 1 aromatic heterocycles. The number of hydrogen-bond donors (Lipinski definition) is 2. The van der Waals surface area contributed by atoms with Crippen molar-refractivity contribution in [2.45, 2.75) is 6.92 Å². The molecule has 28 heavy (non-hydrogen) atoms. The Bertz CT molecular complexity index is 956. The van der Waals surface area contributed by atoms with Crippen LogP contribution in [0.3, 0.4) is 0 Å². The zero-order chi connectivity index (χ0) is 19.9. The SMILES string of the molecule is CCNC(=O)COc1ccc(NC(=O)c2csc(-c3ccc(Cl)cc3)n2)cc1. The molecule has 0 spiro atoms. The molecular weight excluding hydrogens is 398 g/mol. The molecule has 0 aliphatic rings. The Morgan fingerprint density at radius 1 is 1.11 bits per heavy atom. The molecule has 0 unspecified atom stereocenters. The first-order valence-electron chi connectivity index (χ1n) is 8.57. The predicted molar refractivity (Wildman–Crippen MR) is 111 cm³/mol. The van der Waals surface area contributed by atoms with E-state index < -0.39 is 0 Å². The van der Waals surface area contributed by atoms with E-state index >= 15 is 0 Å². The van der Waals surface area contributed by atoms with Crippen LogP contribution in [0.25, 0.3) is 10.6 Å². The zero-order valence-electron chi connectivity index (χ0n) is 15.1. The van der Waals surface area contributed by atoms with Crippen molar-refractivity contribution < 1.29 is 14.3 Å². The molecule has 1 heterocycles. The Morgan fingerprint density at radius 2 is 1.82 bits per heavy atom. The van der Waals surface area contributed by atoms with E-state index in [1.54, 1.807) is 41.8 Å². The second-order valence-electron chi connectivity index (χ2n) is 5.77. The Morgan fingerprint density at radius 3 is 2.50 bits per heavy atom. The van der Waals surface area contributed by atoms with Gasteiger partial charge in [-0.2, -0.15) is 0 Å². The minimum Gasteiger partial charge on any atom is -0.484 e. The molecular formula is C20H18ClN3O3S. The van der Waals surface area contributed by atoms with Crippen LogP contribution < -0.4 is 15.4 Å². The quantitative estimate of drug-likeness (QED) is 0.605. The molecule has 6 nitrogen and oxygen atoms in total. The summed E-state index contributed by atoms with van der Waals surface area (Å²) in [6.07, 6.45) is 0. The van der Waals surface area contributed by atoms with E-state index in [1.807, 2.05) is 19.1 Å². The summed E-state index contributed by atoms with van der Waals surface area (Å²) in [6, 6.07) is 14.1. The molecule has 2 amide bonds. The van der Waals surface area contributed by atoms with Crippen molar-refractivity contribution >= 4 is 40.4 Å². The van der Waals surface area contributed by atoms with E-state index in [2.05, 4.69) is 15.6 Å². The molecule has 8 heteroatoms. The van der Waals surface area contributed by atoms with Gasteiger partial charge in [0.1, 0.15) is 16.5 Å². The number of aromatic nitrogens is 1. The lowest BCUT2D eigenvalue weighted by Gasteiger charge is -2.07. The minimum atomic E-state index is -0.299. The molecule has 0 saturated carbocycles. The highest BCUT2D eigenvalue weighted by molar-refractivity contribution is 7.13. The summed E-state index contributed by atoms with van der Waals surface area (Å²) in [5.74, 6) is 0.0651. The maximum Gasteiger partial charge on any atom is 0.275 e. The Labute approximate surface area is 171 Å². The fourth-order valence-electron chi connectivity index (χ4n) is 2.33. The number of nitrogens with one attached hydrogen (secondary N) is 2. The summed E-state index contributed by atoms with van der Waals surface area (Å²) in [5.41, 5.74) is 1.85. The molecule has 0 radical (unpaired) electrons. The fourth-order valence-corrected chi connectivity index (χ4v) is 3.26. The van der Waals surface area contributed by atoms with Crippen molar-refractivity contribution in [2.75, 3.05) is 18.5 Å². The summed E-state index contributed by atoms with van der Waals surface area (Å²) >= 11 is 7.29. The zero-order valence-corrected chi connectivity index (χ0v) is 16.6. The van der Waals surface area contributed by atoms with Gasteiger partial charge in [-0.25, -0.2) is 4.98 Å². The lowest BCUT2D eigenvalue weighted by atomic mass is 10.2. The fraction of sp³-hybridized carbons (Fsp3) is 0.150. The van der Waals surface area contributed by atoms with Gasteiger partial charge in [-0.15, -0.1) is 11.3 Å². The Kier molecular flexibility index (Phi) is 6.62. The van der Waals surface area contributed by atoms with Crippen LogP contribution in [-0.4, -0.2) is 29.9 Å². The molecule has 0 aliphatic carbocycles. The molecule has 0 bridgehead atoms. The molecule has 2 N–H and O–H groups in total. The molecule has 0 fully saturated rings. The van der Waals surface area contributed by atoms with Gasteiger partial charge in [0, 0.05) is 28.2 Å². The number of thiazole rings is 1. The van der Waals surface area contributed by atoms with E-state index in [4.69, 9.17) is 16.3 Å². The number of carbonyl (C=O) groups is 2. The number of anilines is 1. The summed E-state index contributed by atoms with van der Waals surface area (Å²) in [7, 11) is 0. The second kappa shape index (κ2) is 9.34. The van der Waals surface area contributed by atoms with Gasteiger partial charge in [-0.1, -0.05) is 23.7 Å². The van der Waals surface area contributed by atoms with Crippen LogP contribution in [0.2, 0.25) is 5.02 Å². The maximum absolute atomic E-state index is 12.4. The molecule has 0 saturated heterocycles.